The molecule has 0 radical (unpaired) electrons. The zero-order valence-corrected chi connectivity index (χ0v) is 11.9. The number of aromatic nitrogens is 2. The lowest BCUT2D eigenvalue weighted by molar-refractivity contribution is 0.378. The molecule has 96 valence electrons. The average Bonchev–Trinajstić information content (AvgIpc) is 2.84. The summed E-state index contributed by atoms with van der Waals surface area (Å²) in [6.45, 7) is 3.02. The number of fused-ring (bicyclic) bond motifs is 1. The Bertz CT molecular complexity index is 631. The van der Waals surface area contributed by atoms with Crippen LogP contribution in [-0.4, -0.2) is 34.6 Å². The molecule has 0 aliphatic carbocycles. The molecule has 0 bridgehead atoms. The number of nitrogens with one attached hydrogen (secondary N) is 1. The molecule has 1 unspecified atom stereocenters. The summed E-state index contributed by atoms with van der Waals surface area (Å²) < 4.78 is 2.86. The molecule has 0 saturated carbocycles. The molecule has 0 spiro atoms. The van der Waals surface area contributed by atoms with Crippen molar-refractivity contribution < 1.29 is 0 Å². The molecule has 2 heterocycles. The van der Waals surface area contributed by atoms with Gasteiger partial charge in [0.05, 0.1) is 11.0 Å². The van der Waals surface area contributed by atoms with Crippen LogP contribution in [0.1, 0.15) is 6.42 Å². The standard InChI is InChI=1S/C13H16BrN3O/c1-16-5-4-9(7-16)8-17-12-3-2-10(14)6-11(12)15-13(17)18/h2-3,6,9H,4-5,7-8H2,1H3,(H,15,18). The number of hydrogen-bond acceptors (Lipinski definition) is 2. The summed E-state index contributed by atoms with van der Waals surface area (Å²) in [7, 11) is 2.13. The quantitative estimate of drug-likeness (QED) is 0.922. The summed E-state index contributed by atoms with van der Waals surface area (Å²) >= 11 is 3.42. The van der Waals surface area contributed by atoms with Crippen molar-refractivity contribution in [2.75, 3.05) is 20.1 Å². The first-order valence-corrected chi connectivity index (χ1v) is 6.99. The molecular formula is C13H16BrN3O. The fourth-order valence-electron chi connectivity index (χ4n) is 2.75. The maximum absolute atomic E-state index is 12.0. The first-order valence-electron chi connectivity index (χ1n) is 6.20. The summed E-state index contributed by atoms with van der Waals surface area (Å²) in [5.41, 5.74) is 1.90. The molecule has 2 aromatic rings. The third kappa shape index (κ3) is 2.12. The molecule has 1 aliphatic heterocycles. The van der Waals surface area contributed by atoms with Crippen molar-refractivity contribution in [3.8, 4) is 0 Å². The Kier molecular flexibility index (Phi) is 3.03. The molecule has 0 amide bonds. The van der Waals surface area contributed by atoms with E-state index in [1.165, 1.54) is 6.42 Å². The van der Waals surface area contributed by atoms with Gasteiger partial charge < -0.3 is 9.88 Å². The van der Waals surface area contributed by atoms with Gasteiger partial charge in [0.25, 0.3) is 0 Å². The van der Waals surface area contributed by atoms with Crippen molar-refractivity contribution in [1.29, 1.82) is 0 Å². The molecule has 1 N–H and O–H groups in total. The Labute approximate surface area is 114 Å². The van der Waals surface area contributed by atoms with Crippen LogP contribution in [0.2, 0.25) is 0 Å². The number of H-pyrrole nitrogens is 1. The zero-order chi connectivity index (χ0) is 12.7. The average molecular weight is 310 g/mol. The lowest BCUT2D eigenvalue weighted by atomic mass is 10.1. The minimum atomic E-state index is -0.00217. The van der Waals surface area contributed by atoms with Crippen molar-refractivity contribution in [3.63, 3.8) is 0 Å². The molecule has 1 aromatic heterocycles. The van der Waals surface area contributed by atoms with Crippen LogP contribution in [0, 0.1) is 5.92 Å². The fourth-order valence-corrected chi connectivity index (χ4v) is 3.11. The summed E-state index contributed by atoms with van der Waals surface area (Å²) in [5.74, 6) is 0.579. The van der Waals surface area contributed by atoms with Gasteiger partial charge in [0.15, 0.2) is 0 Å². The van der Waals surface area contributed by atoms with Gasteiger partial charge in [-0.15, -0.1) is 0 Å². The number of likely N-dealkylation sites (tertiary alicyclic amines) is 1. The number of hydrogen-bond donors (Lipinski definition) is 1. The monoisotopic (exact) mass is 309 g/mol. The van der Waals surface area contributed by atoms with E-state index in [4.69, 9.17) is 0 Å². The Hall–Kier alpha value is -1.07. The van der Waals surface area contributed by atoms with E-state index >= 15 is 0 Å². The van der Waals surface area contributed by atoms with Gasteiger partial charge in [-0.2, -0.15) is 0 Å². The lowest BCUT2D eigenvalue weighted by Crippen LogP contribution is -2.23. The van der Waals surface area contributed by atoms with Crippen molar-refractivity contribution in [3.05, 3.63) is 33.2 Å². The van der Waals surface area contributed by atoms with E-state index in [1.54, 1.807) is 0 Å². The van der Waals surface area contributed by atoms with Crippen LogP contribution in [-0.2, 0) is 6.54 Å². The molecule has 18 heavy (non-hydrogen) atoms. The van der Waals surface area contributed by atoms with Crippen LogP contribution >= 0.6 is 15.9 Å². The van der Waals surface area contributed by atoms with E-state index in [2.05, 4.69) is 32.9 Å². The summed E-state index contributed by atoms with van der Waals surface area (Å²) in [5, 5.41) is 0. The van der Waals surface area contributed by atoms with Crippen LogP contribution in [0.15, 0.2) is 27.5 Å². The van der Waals surface area contributed by atoms with Gasteiger partial charge in [0.1, 0.15) is 0 Å². The topological polar surface area (TPSA) is 41.0 Å². The second-order valence-corrected chi connectivity index (χ2v) is 6.03. The smallest absolute Gasteiger partial charge is 0.306 e. The summed E-state index contributed by atoms with van der Waals surface area (Å²) in [4.78, 5) is 17.2. The Morgan fingerprint density at radius 1 is 1.50 bits per heavy atom. The van der Waals surface area contributed by atoms with E-state index in [0.29, 0.717) is 5.92 Å². The number of imidazole rings is 1. The van der Waals surface area contributed by atoms with Gasteiger partial charge in [-0.3, -0.25) is 4.57 Å². The molecule has 4 nitrogen and oxygen atoms in total. The highest BCUT2D eigenvalue weighted by molar-refractivity contribution is 9.10. The van der Waals surface area contributed by atoms with Gasteiger partial charge in [0.2, 0.25) is 0 Å². The number of halogens is 1. The van der Waals surface area contributed by atoms with Gasteiger partial charge in [-0.05, 0) is 44.1 Å². The van der Waals surface area contributed by atoms with E-state index in [9.17, 15) is 4.79 Å². The molecule has 3 rings (SSSR count). The van der Waals surface area contributed by atoms with E-state index in [1.807, 2.05) is 22.8 Å². The third-order valence-electron chi connectivity index (χ3n) is 3.67. The number of benzene rings is 1. The number of nitrogens with zero attached hydrogens (tertiary/aromatic N) is 2. The molecule has 1 aliphatic rings. The van der Waals surface area contributed by atoms with Crippen LogP contribution < -0.4 is 5.69 Å². The molecule has 5 heteroatoms. The van der Waals surface area contributed by atoms with Crippen molar-refractivity contribution in [2.45, 2.75) is 13.0 Å². The largest absolute Gasteiger partial charge is 0.326 e. The lowest BCUT2D eigenvalue weighted by Gasteiger charge is -2.11. The molecular weight excluding hydrogens is 294 g/mol. The number of rotatable bonds is 2. The second kappa shape index (κ2) is 4.55. The Morgan fingerprint density at radius 2 is 2.33 bits per heavy atom. The van der Waals surface area contributed by atoms with Gasteiger partial charge in [-0.1, -0.05) is 15.9 Å². The van der Waals surface area contributed by atoms with Crippen molar-refractivity contribution >= 4 is 27.0 Å². The van der Waals surface area contributed by atoms with Crippen molar-refractivity contribution in [2.24, 2.45) is 5.92 Å². The maximum Gasteiger partial charge on any atom is 0.326 e. The van der Waals surface area contributed by atoms with E-state index < -0.39 is 0 Å². The molecule has 1 atom stereocenters. The molecule has 1 aromatic carbocycles. The third-order valence-corrected chi connectivity index (χ3v) is 4.16. The van der Waals surface area contributed by atoms with Gasteiger partial charge >= 0.3 is 5.69 Å². The van der Waals surface area contributed by atoms with E-state index in [-0.39, 0.29) is 5.69 Å². The minimum absolute atomic E-state index is 0.00217. The maximum atomic E-state index is 12.0. The molecule has 1 fully saturated rings. The zero-order valence-electron chi connectivity index (χ0n) is 10.3. The first kappa shape index (κ1) is 12.0. The van der Waals surface area contributed by atoms with Crippen LogP contribution in [0.25, 0.3) is 11.0 Å². The predicted molar refractivity (Wildman–Crippen MR) is 75.9 cm³/mol. The number of aromatic amines is 1. The molecule has 1 saturated heterocycles. The Balaban J connectivity index is 1.96. The van der Waals surface area contributed by atoms with E-state index in [0.717, 1.165) is 35.1 Å². The van der Waals surface area contributed by atoms with Crippen LogP contribution in [0.4, 0.5) is 0 Å². The predicted octanol–water partition coefficient (Wildman–Crippen LogP) is 2.04. The SMILES string of the molecule is CN1CCC(Cn2c(=O)[nH]c3cc(Br)ccc32)C1. The highest BCUT2D eigenvalue weighted by Gasteiger charge is 2.21. The van der Waals surface area contributed by atoms with Crippen LogP contribution in [0.3, 0.4) is 0 Å². The summed E-state index contributed by atoms with van der Waals surface area (Å²) in [6.07, 6.45) is 1.17. The van der Waals surface area contributed by atoms with Crippen LogP contribution in [0.5, 0.6) is 0 Å². The second-order valence-electron chi connectivity index (χ2n) is 5.12. The highest BCUT2D eigenvalue weighted by Crippen LogP contribution is 2.20. The Morgan fingerprint density at radius 3 is 3.06 bits per heavy atom. The normalized spacial score (nSPS) is 20.9. The fraction of sp³-hybridized carbons (Fsp3) is 0.462. The van der Waals surface area contributed by atoms with Crippen molar-refractivity contribution in [1.82, 2.24) is 14.5 Å². The minimum Gasteiger partial charge on any atom is -0.306 e. The van der Waals surface area contributed by atoms with Gasteiger partial charge in [-0.25, -0.2) is 4.79 Å². The highest BCUT2D eigenvalue weighted by atomic mass is 79.9. The first-order chi connectivity index (χ1) is 8.63. The summed E-state index contributed by atoms with van der Waals surface area (Å²) in [6, 6.07) is 5.93. The van der Waals surface area contributed by atoms with Gasteiger partial charge in [0, 0.05) is 17.6 Å².